The van der Waals surface area contributed by atoms with Gasteiger partial charge in [-0.05, 0) is 38.0 Å². The SMILES string of the molecule is [2H]CC([2H])C([2H])C([2H])C([2H])C[C@@H]1C(=O)O[C@H]1C[C@]([2H])(C/C=C\C/C=C\C([2H])C([2H])C([2H])CC)OC(=O)[C@H](CC(C)C)[15NH]C=O. The molecule has 35 heavy (non-hydrogen) atoms. The standard InChI is InChI=1S/C29H49NO5/c1-5-7-9-11-12-13-14-15-16-18-24(34-29(33)26(30-22-31)20-23(3)4)21-27-25(28(32)35-27)19-17-10-8-6-2/h12-13,15-16,22-27H,5-11,14,17-21H2,1-4H3,(H,30,31)/b13-12-,16-15-/t24-,25-,26-,27-/m0/s1/i2D,6D,7D,8D,9D,10D,11D,17D,24D,30+1/t6?,7?,8?,9?,10?,11?,17?,24-,25-,26-,27-. The predicted molar refractivity (Wildman–Crippen MR) is 141 cm³/mol. The zero-order chi connectivity index (χ0) is 33.6. The van der Waals surface area contributed by atoms with Gasteiger partial charge in [-0.15, -0.1) is 0 Å². The van der Waals surface area contributed by atoms with E-state index >= 15 is 0 Å². The third kappa shape index (κ3) is 13.5. The van der Waals surface area contributed by atoms with Crippen LogP contribution in [0.4, 0.5) is 0 Å². The number of carbonyl (C=O) groups is 3. The average Bonchev–Trinajstić information content (AvgIpc) is 2.98. The van der Waals surface area contributed by atoms with Crippen LogP contribution in [0.25, 0.3) is 0 Å². The molecule has 0 bridgehead atoms. The third-order valence-corrected chi connectivity index (χ3v) is 5.24. The minimum Gasteiger partial charge on any atom is -0.461 e. The van der Waals surface area contributed by atoms with E-state index < -0.39 is 80.9 Å². The fraction of sp³-hybridized carbons (Fsp3) is 0.759. The zero-order valence-electron chi connectivity index (χ0n) is 30.2. The third-order valence-electron chi connectivity index (χ3n) is 5.24. The van der Waals surface area contributed by atoms with Crippen molar-refractivity contribution in [1.82, 2.24) is 5.32 Å². The maximum Gasteiger partial charge on any atom is 0.328 e. The number of cyclic esters (lactones) is 1. The summed E-state index contributed by atoms with van der Waals surface area (Å²) in [5.74, 6) is -2.30. The number of esters is 2. The molecule has 7 unspecified atom stereocenters. The number of allylic oxidation sites excluding steroid dienone is 3. The van der Waals surface area contributed by atoms with Gasteiger partial charge in [-0.3, -0.25) is 9.59 Å². The van der Waals surface area contributed by atoms with Crippen molar-refractivity contribution in [3.63, 3.8) is 0 Å². The number of rotatable bonds is 21. The molecule has 6 heteroatoms. The summed E-state index contributed by atoms with van der Waals surface area (Å²) < 4.78 is 83.2. The lowest BCUT2D eigenvalue weighted by atomic mass is 9.87. The molecule has 1 amide bonds. The van der Waals surface area contributed by atoms with Gasteiger partial charge >= 0.3 is 11.9 Å². The molecule has 1 heterocycles. The number of hydrogen-bond acceptors (Lipinski definition) is 5. The van der Waals surface area contributed by atoms with Crippen LogP contribution in [0, 0.1) is 11.8 Å². The highest BCUT2D eigenvalue weighted by Gasteiger charge is 2.43. The van der Waals surface area contributed by atoms with Crippen LogP contribution in [0.2, 0.25) is 0 Å². The second kappa shape index (κ2) is 19.1. The molecule has 0 aromatic heterocycles. The first-order valence-electron chi connectivity index (χ1n) is 17.5. The summed E-state index contributed by atoms with van der Waals surface area (Å²) in [5.41, 5.74) is 0. The van der Waals surface area contributed by atoms with Crippen molar-refractivity contribution in [2.75, 3.05) is 0 Å². The molecule has 6 nitrogen and oxygen atoms in total. The van der Waals surface area contributed by atoms with Crippen molar-refractivity contribution in [2.45, 2.75) is 129 Å². The lowest BCUT2D eigenvalue weighted by Crippen LogP contribution is -2.48. The van der Waals surface area contributed by atoms with Crippen molar-refractivity contribution in [1.29, 1.82) is 0 Å². The van der Waals surface area contributed by atoms with Crippen molar-refractivity contribution >= 4 is 18.3 Å². The summed E-state index contributed by atoms with van der Waals surface area (Å²) in [6, 6.07) is -0.995. The molecule has 1 fully saturated rings. The van der Waals surface area contributed by atoms with Gasteiger partial charge in [0, 0.05) is 23.8 Å². The van der Waals surface area contributed by atoms with Gasteiger partial charge in [-0.2, -0.15) is 0 Å². The summed E-state index contributed by atoms with van der Waals surface area (Å²) in [6.07, 6.45) is -2.65. The first-order chi connectivity index (χ1) is 20.6. The molecule has 0 aromatic rings. The van der Waals surface area contributed by atoms with Crippen molar-refractivity contribution < 1.29 is 36.2 Å². The molecule has 0 spiro atoms. The Balaban J connectivity index is 3.04. The maximum absolute atomic E-state index is 13.0. The molecule has 0 aliphatic carbocycles. The Morgan fingerprint density at radius 1 is 1.20 bits per heavy atom. The van der Waals surface area contributed by atoms with E-state index in [1.807, 2.05) is 13.8 Å². The lowest BCUT2D eigenvalue weighted by Gasteiger charge is -2.37. The Hall–Kier alpha value is -2.11. The fourth-order valence-electron chi connectivity index (χ4n) is 3.43. The van der Waals surface area contributed by atoms with E-state index in [1.54, 1.807) is 31.2 Å². The first-order valence-corrected chi connectivity index (χ1v) is 12.3. The quantitative estimate of drug-likeness (QED) is 0.0848. The van der Waals surface area contributed by atoms with Gasteiger partial charge < -0.3 is 14.8 Å². The molecule has 11 atom stereocenters. The lowest BCUT2D eigenvalue weighted by molar-refractivity contribution is -0.190. The van der Waals surface area contributed by atoms with Crippen LogP contribution in [-0.4, -0.2) is 36.6 Å². The van der Waals surface area contributed by atoms with Gasteiger partial charge in [0.2, 0.25) is 6.41 Å². The number of carbonyl (C=O) groups excluding carboxylic acids is 3. The molecule has 0 saturated carbocycles. The van der Waals surface area contributed by atoms with Gasteiger partial charge in [0.05, 0.1) is 7.29 Å². The van der Waals surface area contributed by atoms with Gasteiger partial charge in [0.25, 0.3) is 0 Å². The fourth-order valence-corrected chi connectivity index (χ4v) is 3.43. The average molecular weight is 502 g/mol. The molecular formula is C29H49NO5. The van der Waals surface area contributed by atoms with E-state index in [4.69, 9.17) is 21.8 Å². The highest BCUT2D eigenvalue weighted by atomic mass is 16.6. The number of ether oxygens (including phenoxy) is 2. The molecule has 1 rings (SSSR count). The summed E-state index contributed by atoms with van der Waals surface area (Å²) in [4.78, 5) is 36.5. The highest BCUT2D eigenvalue weighted by molar-refractivity contribution is 5.79. The van der Waals surface area contributed by atoms with Crippen molar-refractivity contribution in [3.8, 4) is 0 Å². The van der Waals surface area contributed by atoms with Crippen molar-refractivity contribution in [2.24, 2.45) is 11.8 Å². The van der Waals surface area contributed by atoms with Crippen LogP contribution in [0.15, 0.2) is 24.3 Å². The maximum atomic E-state index is 13.0. The normalized spacial score (nSPS) is 30.4. The minimum atomic E-state index is -1.92. The van der Waals surface area contributed by atoms with Gasteiger partial charge in [-0.1, -0.05) is 90.4 Å². The minimum absolute atomic E-state index is 0.0293. The van der Waals surface area contributed by atoms with Gasteiger partial charge in [-0.25, -0.2) is 4.79 Å². The van der Waals surface area contributed by atoms with E-state index in [0.29, 0.717) is 19.3 Å². The Morgan fingerprint density at radius 3 is 2.69 bits per heavy atom. The van der Waals surface area contributed by atoms with Crippen LogP contribution in [0.1, 0.15) is 123 Å². The summed E-state index contributed by atoms with van der Waals surface area (Å²) in [5, 5.41) is 2.42. The molecule has 0 aromatic carbocycles. The zero-order valence-corrected chi connectivity index (χ0v) is 21.2. The number of amides is 1. The Morgan fingerprint density at radius 2 is 2.00 bits per heavy atom. The predicted octanol–water partition coefficient (Wildman–Crippen LogP) is 6.43. The Kier molecular flexibility index (Phi) is 10.4. The second-order valence-corrected chi connectivity index (χ2v) is 8.67. The molecule has 200 valence electrons. The molecule has 0 radical (unpaired) electrons. The van der Waals surface area contributed by atoms with Crippen molar-refractivity contribution in [3.05, 3.63) is 24.3 Å². The van der Waals surface area contributed by atoms with Crippen LogP contribution in [0.3, 0.4) is 0 Å². The van der Waals surface area contributed by atoms with E-state index in [1.165, 1.54) is 0 Å². The monoisotopic (exact) mass is 501 g/mol. The Labute approximate surface area is 225 Å². The smallest absolute Gasteiger partial charge is 0.328 e. The molecule has 1 saturated heterocycles. The number of hydrogen-bond donors (Lipinski definition) is 1. The summed E-state index contributed by atoms with van der Waals surface area (Å²) in [6.45, 7) is 5.13. The first kappa shape index (κ1) is 19.1. The second-order valence-electron chi connectivity index (χ2n) is 8.67. The number of nitrogens with one attached hydrogen (secondary N) is 1. The Bertz CT molecular complexity index is 958. The molecule has 1 aliphatic heterocycles. The van der Waals surface area contributed by atoms with Gasteiger partial charge in [0.15, 0.2) is 0 Å². The topological polar surface area (TPSA) is 81.7 Å². The summed E-state index contributed by atoms with van der Waals surface area (Å²) in [7, 11) is 0. The molecule has 1 aliphatic rings. The van der Waals surface area contributed by atoms with E-state index in [2.05, 4.69) is 5.32 Å². The van der Waals surface area contributed by atoms with E-state index in [0.717, 1.165) is 0 Å². The van der Waals surface area contributed by atoms with E-state index in [-0.39, 0.29) is 38.5 Å². The highest BCUT2D eigenvalue weighted by Crippen LogP contribution is 2.32. The molecule has 1 N–H and O–H groups in total. The van der Waals surface area contributed by atoms with Crippen LogP contribution in [-0.2, 0) is 23.9 Å². The van der Waals surface area contributed by atoms with Gasteiger partial charge in [0.1, 0.15) is 18.2 Å². The van der Waals surface area contributed by atoms with Crippen LogP contribution in [0.5, 0.6) is 0 Å². The van der Waals surface area contributed by atoms with E-state index in [9.17, 15) is 14.4 Å². The summed E-state index contributed by atoms with van der Waals surface area (Å²) >= 11 is 0. The van der Waals surface area contributed by atoms with Crippen LogP contribution < -0.4 is 5.32 Å². The molecular weight excluding hydrogens is 443 g/mol. The largest absolute Gasteiger partial charge is 0.461 e. The van der Waals surface area contributed by atoms with Crippen LogP contribution >= 0.6 is 0 Å².